The number of benzene rings is 1. The number of aromatic nitrogens is 3. The van der Waals surface area contributed by atoms with Crippen molar-refractivity contribution >= 4 is 33.2 Å². The van der Waals surface area contributed by atoms with E-state index in [1.807, 2.05) is 6.07 Å². The van der Waals surface area contributed by atoms with E-state index in [0.29, 0.717) is 28.3 Å². The average Bonchev–Trinajstić information content (AvgIpc) is 3.01. The highest BCUT2D eigenvalue weighted by atomic mass is 79.9. The summed E-state index contributed by atoms with van der Waals surface area (Å²) in [4.78, 5) is 22.9. The van der Waals surface area contributed by atoms with Crippen LogP contribution in [0.4, 0.5) is 5.69 Å². The minimum Gasteiger partial charge on any atom is -0.495 e. The number of carbonyl (C=O) groups is 1. The second kappa shape index (κ2) is 6.53. The Bertz CT molecular complexity index is 1020. The molecule has 0 radical (unpaired) electrons. The highest BCUT2D eigenvalue weighted by Crippen LogP contribution is 2.25. The van der Waals surface area contributed by atoms with Crippen LogP contribution in [-0.2, 0) is 0 Å². The molecule has 0 aliphatic carbocycles. The van der Waals surface area contributed by atoms with Gasteiger partial charge in [0.15, 0.2) is 5.65 Å². The molecule has 0 spiro atoms. The van der Waals surface area contributed by atoms with Crippen LogP contribution in [0.1, 0.15) is 21.7 Å². The molecule has 0 aliphatic rings. The van der Waals surface area contributed by atoms with E-state index in [2.05, 4.69) is 25.9 Å². The predicted molar refractivity (Wildman–Crippen MR) is 95.9 cm³/mol. The van der Waals surface area contributed by atoms with Crippen LogP contribution in [0.3, 0.4) is 0 Å². The van der Waals surface area contributed by atoms with Crippen LogP contribution in [0.2, 0.25) is 0 Å². The quantitative estimate of drug-likeness (QED) is 0.675. The molecule has 3 aromatic rings. The van der Waals surface area contributed by atoms with Crippen molar-refractivity contribution in [2.75, 3.05) is 19.1 Å². The summed E-state index contributed by atoms with van der Waals surface area (Å²) in [5.41, 5.74) is 2.64. The molecular weight excluding hydrogens is 386 g/mol. The average molecular weight is 400 g/mol. The summed E-state index contributed by atoms with van der Waals surface area (Å²) in [6.45, 7) is 1.80. The van der Waals surface area contributed by atoms with Crippen LogP contribution in [0.5, 0.6) is 5.75 Å². The fourth-order valence-corrected chi connectivity index (χ4v) is 2.86. The number of amides is 1. The standard InChI is InChI=1S/C17H14BrN5O2/c1-10-16-20-8-15(18)23(16)9-13(21-10)17(24)22(2)12-5-4-11(7-19)14(6-12)25-3/h4-6,8-9H,1-3H3. The number of imidazole rings is 1. The summed E-state index contributed by atoms with van der Waals surface area (Å²) in [7, 11) is 3.13. The highest BCUT2D eigenvalue weighted by molar-refractivity contribution is 9.10. The monoisotopic (exact) mass is 399 g/mol. The minimum absolute atomic E-state index is 0.280. The minimum atomic E-state index is -0.280. The molecule has 0 unspecified atom stereocenters. The van der Waals surface area contributed by atoms with Gasteiger partial charge in [-0.2, -0.15) is 5.26 Å². The van der Waals surface area contributed by atoms with Gasteiger partial charge < -0.3 is 9.64 Å². The van der Waals surface area contributed by atoms with E-state index in [1.165, 1.54) is 12.0 Å². The molecule has 3 rings (SSSR count). The second-order valence-electron chi connectivity index (χ2n) is 5.35. The molecule has 2 aromatic heterocycles. The third-order valence-corrected chi connectivity index (χ3v) is 4.42. The van der Waals surface area contributed by atoms with Crippen LogP contribution in [0.15, 0.2) is 35.2 Å². The smallest absolute Gasteiger partial charge is 0.278 e. The number of hydrogen-bond acceptors (Lipinski definition) is 5. The topological polar surface area (TPSA) is 83.5 Å². The van der Waals surface area contributed by atoms with Crippen molar-refractivity contribution in [1.29, 1.82) is 5.26 Å². The van der Waals surface area contributed by atoms with Crippen LogP contribution in [-0.4, -0.2) is 34.4 Å². The molecule has 0 aliphatic heterocycles. The molecule has 25 heavy (non-hydrogen) atoms. The van der Waals surface area contributed by atoms with Gasteiger partial charge in [-0.3, -0.25) is 9.20 Å². The lowest BCUT2D eigenvalue weighted by Crippen LogP contribution is -2.27. The fraction of sp³-hybridized carbons (Fsp3) is 0.176. The van der Waals surface area contributed by atoms with Gasteiger partial charge in [0.2, 0.25) is 0 Å². The van der Waals surface area contributed by atoms with Crippen molar-refractivity contribution in [3.63, 3.8) is 0 Å². The number of hydrogen-bond donors (Lipinski definition) is 0. The SMILES string of the molecule is COc1cc(N(C)C(=O)c2cn3c(Br)cnc3c(C)n2)ccc1C#N. The second-order valence-corrected chi connectivity index (χ2v) is 6.16. The highest BCUT2D eigenvalue weighted by Gasteiger charge is 2.19. The van der Waals surface area contributed by atoms with Crippen LogP contribution in [0.25, 0.3) is 5.65 Å². The largest absolute Gasteiger partial charge is 0.495 e. The molecule has 2 heterocycles. The summed E-state index contributed by atoms with van der Waals surface area (Å²) in [6.07, 6.45) is 3.30. The Kier molecular flexibility index (Phi) is 4.42. The van der Waals surface area contributed by atoms with Crippen molar-refractivity contribution in [3.8, 4) is 11.8 Å². The number of aryl methyl sites for hydroxylation is 1. The van der Waals surface area contributed by atoms with Gasteiger partial charge in [-0.15, -0.1) is 0 Å². The van der Waals surface area contributed by atoms with E-state index in [4.69, 9.17) is 10.00 Å². The Morgan fingerprint density at radius 3 is 2.88 bits per heavy atom. The van der Waals surface area contributed by atoms with Gasteiger partial charge in [-0.1, -0.05) is 0 Å². The molecule has 1 amide bonds. The summed E-state index contributed by atoms with van der Waals surface area (Å²) < 4.78 is 7.71. The molecule has 0 atom stereocenters. The number of nitrogens with zero attached hydrogens (tertiary/aromatic N) is 5. The van der Waals surface area contributed by atoms with Gasteiger partial charge in [0.25, 0.3) is 5.91 Å². The van der Waals surface area contributed by atoms with E-state index in [0.717, 1.165) is 4.60 Å². The maximum Gasteiger partial charge on any atom is 0.278 e. The van der Waals surface area contributed by atoms with Crippen LogP contribution >= 0.6 is 15.9 Å². The summed E-state index contributed by atoms with van der Waals surface area (Å²) in [5, 5.41) is 9.07. The zero-order valence-electron chi connectivity index (χ0n) is 13.8. The summed E-state index contributed by atoms with van der Waals surface area (Å²) in [6, 6.07) is 7.01. The molecular formula is C17H14BrN5O2. The zero-order chi connectivity index (χ0) is 18.1. The first-order chi connectivity index (χ1) is 12.0. The lowest BCUT2D eigenvalue weighted by molar-refractivity contribution is 0.0987. The number of carbonyl (C=O) groups excluding carboxylic acids is 1. The van der Waals surface area contributed by atoms with Gasteiger partial charge in [-0.05, 0) is 35.0 Å². The number of anilines is 1. The molecule has 8 heteroatoms. The Morgan fingerprint density at radius 1 is 1.44 bits per heavy atom. The molecule has 0 N–H and O–H groups in total. The fourth-order valence-electron chi connectivity index (χ4n) is 2.49. The Morgan fingerprint density at radius 2 is 2.20 bits per heavy atom. The Balaban J connectivity index is 2.01. The number of ether oxygens (including phenoxy) is 1. The van der Waals surface area contributed by atoms with Crippen molar-refractivity contribution in [3.05, 3.63) is 52.1 Å². The van der Waals surface area contributed by atoms with Crippen LogP contribution < -0.4 is 9.64 Å². The van der Waals surface area contributed by atoms with E-state index >= 15 is 0 Å². The van der Waals surface area contributed by atoms with Crippen molar-refractivity contribution in [2.45, 2.75) is 6.92 Å². The van der Waals surface area contributed by atoms with Gasteiger partial charge >= 0.3 is 0 Å². The first kappa shape index (κ1) is 16.9. The number of halogens is 1. The summed E-state index contributed by atoms with van der Waals surface area (Å²) >= 11 is 3.40. The zero-order valence-corrected chi connectivity index (χ0v) is 15.4. The van der Waals surface area contributed by atoms with E-state index < -0.39 is 0 Å². The van der Waals surface area contributed by atoms with Gasteiger partial charge in [0, 0.05) is 25.0 Å². The molecule has 0 fully saturated rings. The third kappa shape index (κ3) is 2.94. The molecule has 0 bridgehead atoms. The normalized spacial score (nSPS) is 10.5. The van der Waals surface area contributed by atoms with Crippen molar-refractivity contribution in [1.82, 2.24) is 14.4 Å². The van der Waals surface area contributed by atoms with E-state index in [9.17, 15) is 4.79 Å². The molecule has 126 valence electrons. The number of nitriles is 1. The number of methoxy groups -OCH3 is 1. The summed E-state index contributed by atoms with van der Waals surface area (Å²) in [5.74, 6) is 0.133. The lowest BCUT2D eigenvalue weighted by Gasteiger charge is -2.18. The number of rotatable bonds is 3. The van der Waals surface area contributed by atoms with Gasteiger partial charge in [-0.25, -0.2) is 9.97 Å². The first-order valence-electron chi connectivity index (χ1n) is 7.32. The predicted octanol–water partition coefficient (Wildman–Crippen LogP) is 2.96. The van der Waals surface area contributed by atoms with Crippen molar-refractivity contribution in [2.24, 2.45) is 0 Å². The number of fused-ring (bicyclic) bond motifs is 1. The Hall–Kier alpha value is -2.92. The molecule has 0 saturated carbocycles. The maximum atomic E-state index is 12.8. The first-order valence-corrected chi connectivity index (χ1v) is 8.12. The van der Waals surface area contributed by atoms with Crippen LogP contribution in [0, 0.1) is 18.3 Å². The van der Waals surface area contributed by atoms with Gasteiger partial charge in [0.1, 0.15) is 22.1 Å². The lowest BCUT2D eigenvalue weighted by atomic mass is 10.2. The Labute approximate surface area is 152 Å². The molecule has 1 aromatic carbocycles. The molecule has 7 nitrogen and oxygen atoms in total. The molecule has 0 saturated heterocycles. The van der Waals surface area contributed by atoms with E-state index in [1.54, 1.807) is 49.0 Å². The van der Waals surface area contributed by atoms with Gasteiger partial charge in [0.05, 0.1) is 24.6 Å². The third-order valence-electron chi connectivity index (χ3n) is 3.83. The van der Waals surface area contributed by atoms with E-state index in [-0.39, 0.29) is 11.6 Å². The maximum absolute atomic E-state index is 12.8. The van der Waals surface area contributed by atoms with Crippen molar-refractivity contribution < 1.29 is 9.53 Å².